The summed E-state index contributed by atoms with van der Waals surface area (Å²) in [6.07, 6.45) is 1.68. The van der Waals surface area contributed by atoms with E-state index in [2.05, 4.69) is 5.32 Å². The summed E-state index contributed by atoms with van der Waals surface area (Å²) < 4.78 is 1.49. The van der Waals surface area contributed by atoms with Gasteiger partial charge in [-0.15, -0.1) is 0 Å². The second-order valence-corrected chi connectivity index (χ2v) is 2.51. The molecular weight excluding hydrogens is 156 g/mol. The SMILES string of the molecule is Cn1ccc(NCCO)cc1=O. The molecule has 0 amide bonds. The Morgan fingerprint density at radius 2 is 2.42 bits per heavy atom. The molecule has 4 heteroatoms. The van der Waals surface area contributed by atoms with Gasteiger partial charge in [0.2, 0.25) is 0 Å². The van der Waals surface area contributed by atoms with Gasteiger partial charge in [0.1, 0.15) is 0 Å². The van der Waals surface area contributed by atoms with E-state index in [1.54, 1.807) is 19.3 Å². The Labute approximate surface area is 70.5 Å². The molecule has 0 fully saturated rings. The Kier molecular flexibility index (Phi) is 2.88. The molecule has 0 aliphatic heterocycles. The van der Waals surface area contributed by atoms with Crippen LogP contribution in [0.1, 0.15) is 0 Å². The third-order valence-corrected chi connectivity index (χ3v) is 1.55. The van der Waals surface area contributed by atoms with Gasteiger partial charge < -0.3 is 15.0 Å². The third-order valence-electron chi connectivity index (χ3n) is 1.55. The van der Waals surface area contributed by atoms with Crippen LogP contribution in [0.25, 0.3) is 0 Å². The summed E-state index contributed by atoms with van der Waals surface area (Å²) in [6, 6.07) is 3.28. The highest BCUT2D eigenvalue weighted by Crippen LogP contribution is 1.99. The van der Waals surface area contributed by atoms with Crippen molar-refractivity contribution in [1.29, 1.82) is 0 Å². The molecule has 1 rings (SSSR count). The molecule has 0 spiro atoms. The first-order valence-corrected chi connectivity index (χ1v) is 3.75. The Hall–Kier alpha value is -1.29. The first-order valence-electron chi connectivity index (χ1n) is 3.75. The fourth-order valence-corrected chi connectivity index (χ4v) is 0.859. The van der Waals surface area contributed by atoms with Gasteiger partial charge in [0.05, 0.1) is 6.61 Å². The largest absolute Gasteiger partial charge is 0.395 e. The van der Waals surface area contributed by atoms with Crippen molar-refractivity contribution in [3.8, 4) is 0 Å². The summed E-state index contributed by atoms with van der Waals surface area (Å²) in [4.78, 5) is 11.1. The van der Waals surface area contributed by atoms with Crippen LogP contribution in [0.3, 0.4) is 0 Å². The second-order valence-electron chi connectivity index (χ2n) is 2.51. The molecule has 0 atom stereocenters. The average Bonchev–Trinajstić information content (AvgIpc) is 2.07. The molecule has 0 aliphatic rings. The average molecular weight is 168 g/mol. The topological polar surface area (TPSA) is 54.3 Å². The van der Waals surface area contributed by atoms with Crippen LogP contribution in [0.4, 0.5) is 5.69 Å². The summed E-state index contributed by atoms with van der Waals surface area (Å²) in [5.74, 6) is 0. The predicted octanol–water partition coefficient (Wildman–Crippen LogP) is -0.211. The quantitative estimate of drug-likeness (QED) is 0.656. The number of aromatic nitrogens is 1. The van der Waals surface area contributed by atoms with E-state index in [0.717, 1.165) is 5.69 Å². The van der Waals surface area contributed by atoms with Crippen molar-refractivity contribution in [2.24, 2.45) is 7.05 Å². The highest BCUT2D eigenvalue weighted by molar-refractivity contribution is 5.40. The zero-order chi connectivity index (χ0) is 8.97. The molecule has 0 aliphatic carbocycles. The van der Waals surface area contributed by atoms with Crippen molar-refractivity contribution in [1.82, 2.24) is 4.57 Å². The molecule has 0 saturated heterocycles. The molecular formula is C8H12N2O2. The molecule has 1 aromatic heterocycles. The van der Waals surface area contributed by atoms with E-state index in [0.29, 0.717) is 6.54 Å². The Bertz CT molecular complexity index is 306. The number of hydrogen-bond donors (Lipinski definition) is 2. The van der Waals surface area contributed by atoms with Gasteiger partial charge in [-0.3, -0.25) is 4.79 Å². The Morgan fingerprint density at radius 3 is 3.00 bits per heavy atom. The molecule has 1 heterocycles. The van der Waals surface area contributed by atoms with Crippen molar-refractivity contribution in [2.45, 2.75) is 0 Å². The number of aryl methyl sites for hydroxylation is 1. The highest BCUT2D eigenvalue weighted by atomic mass is 16.3. The maximum Gasteiger partial charge on any atom is 0.252 e. The van der Waals surface area contributed by atoms with Gasteiger partial charge in [-0.25, -0.2) is 0 Å². The van der Waals surface area contributed by atoms with Gasteiger partial charge in [-0.1, -0.05) is 0 Å². The van der Waals surface area contributed by atoms with E-state index < -0.39 is 0 Å². The van der Waals surface area contributed by atoms with E-state index in [-0.39, 0.29) is 12.2 Å². The van der Waals surface area contributed by atoms with Crippen molar-refractivity contribution >= 4 is 5.69 Å². The number of nitrogens with zero attached hydrogens (tertiary/aromatic N) is 1. The minimum atomic E-state index is -0.0575. The van der Waals surface area contributed by atoms with Gasteiger partial charge >= 0.3 is 0 Å². The van der Waals surface area contributed by atoms with Crippen molar-refractivity contribution in [3.05, 3.63) is 28.7 Å². The van der Waals surface area contributed by atoms with Crippen LogP contribution >= 0.6 is 0 Å². The van der Waals surface area contributed by atoms with E-state index in [1.807, 2.05) is 0 Å². The van der Waals surface area contributed by atoms with Crippen LogP contribution in [-0.2, 0) is 7.05 Å². The number of hydrogen-bond acceptors (Lipinski definition) is 3. The first kappa shape index (κ1) is 8.80. The summed E-state index contributed by atoms with van der Waals surface area (Å²) in [5, 5.41) is 11.4. The van der Waals surface area contributed by atoms with Crippen molar-refractivity contribution in [2.75, 3.05) is 18.5 Å². The van der Waals surface area contributed by atoms with E-state index >= 15 is 0 Å². The maximum absolute atomic E-state index is 11.1. The minimum absolute atomic E-state index is 0.0575. The normalized spacial score (nSPS) is 9.83. The molecule has 2 N–H and O–H groups in total. The second kappa shape index (κ2) is 3.92. The van der Waals surface area contributed by atoms with Crippen molar-refractivity contribution in [3.63, 3.8) is 0 Å². The Morgan fingerprint density at radius 1 is 1.67 bits per heavy atom. The summed E-state index contributed by atoms with van der Waals surface area (Å²) in [7, 11) is 1.69. The van der Waals surface area contributed by atoms with Gasteiger partial charge in [0.15, 0.2) is 0 Å². The zero-order valence-corrected chi connectivity index (χ0v) is 6.95. The number of aliphatic hydroxyl groups excluding tert-OH is 1. The number of nitrogens with one attached hydrogen (secondary N) is 1. The summed E-state index contributed by atoms with van der Waals surface area (Å²) in [5.41, 5.74) is 0.685. The molecule has 0 bridgehead atoms. The lowest BCUT2D eigenvalue weighted by Gasteiger charge is -2.03. The van der Waals surface area contributed by atoms with E-state index in [1.165, 1.54) is 10.6 Å². The van der Waals surface area contributed by atoms with Crippen LogP contribution in [0.2, 0.25) is 0 Å². The molecule has 66 valence electrons. The van der Waals surface area contributed by atoms with Crippen LogP contribution < -0.4 is 10.9 Å². The standard InChI is InChI=1S/C8H12N2O2/c1-10-4-2-7(6-8(10)12)9-3-5-11/h2,4,6,9,11H,3,5H2,1H3. The highest BCUT2D eigenvalue weighted by Gasteiger charge is 1.92. The minimum Gasteiger partial charge on any atom is -0.395 e. The molecule has 1 aromatic rings. The van der Waals surface area contributed by atoms with E-state index in [9.17, 15) is 4.79 Å². The maximum atomic E-state index is 11.1. The van der Waals surface area contributed by atoms with Gasteiger partial charge in [0.25, 0.3) is 5.56 Å². The van der Waals surface area contributed by atoms with Crippen molar-refractivity contribution < 1.29 is 5.11 Å². The fourth-order valence-electron chi connectivity index (χ4n) is 0.859. The monoisotopic (exact) mass is 168 g/mol. The third kappa shape index (κ3) is 2.10. The zero-order valence-electron chi connectivity index (χ0n) is 6.95. The number of anilines is 1. The molecule has 0 saturated carbocycles. The number of pyridine rings is 1. The summed E-state index contributed by atoms with van der Waals surface area (Å²) >= 11 is 0. The molecule has 0 radical (unpaired) electrons. The lowest BCUT2D eigenvalue weighted by atomic mass is 10.4. The number of aliphatic hydroxyl groups is 1. The number of rotatable bonds is 3. The van der Waals surface area contributed by atoms with Crippen LogP contribution in [0.15, 0.2) is 23.1 Å². The summed E-state index contributed by atoms with van der Waals surface area (Å²) in [6.45, 7) is 0.530. The van der Waals surface area contributed by atoms with Crippen LogP contribution in [0, 0.1) is 0 Å². The first-order chi connectivity index (χ1) is 5.74. The van der Waals surface area contributed by atoms with Gasteiger partial charge in [-0.2, -0.15) is 0 Å². The van der Waals surface area contributed by atoms with Gasteiger partial charge in [0, 0.05) is 31.5 Å². The van der Waals surface area contributed by atoms with Gasteiger partial charge in [-0.05, 0) is 6.07 Å². The molecule has 4 nitrogen and oxygen atoms in total. The smallest absolute Gasteiger partial charge is 0.252 e. The molecule has 12 heavy (non-hydrogen) atoms. The Balaban J connectivity index is 2.76. The lowest BCUT2D eigenvalue weighted by Crippen LogP contribution is -2.16. The van der Waals surface area contributed by atoms with Crippen LogP contribution in [0.5, 0.6) is 0 Å². The van der Waals surface area contributed by atoms with Crippen LogP contribution in [-0.4, -0.2) is 22.8 Å². The molecule has 0 aromatic carbocycles. The lowest BCUT2D eigenvalue weighted by molar-refractivity contribution is 0.311. The van der Waals surface area contributed by atoms with E-state index in [4.69, 9.17) is 5.11 Å². The predicted molar refractivity (Wildman–Crippen MR) is 47.3 cm³/mol. The molecule has 0 unspecified atom stereocenters. The fraction of sp³-hybridized carbons (Fsp3) is 0.375.